The summed E-state index contributed by atoms with van der Waals surface area (Å²) in [7, 11) is 5.49. The third-order valence-corrected chi connectivity index (χ3v) is 4.99. The number of rotatable bonds is 5. The molecule has 0 N–H and O–H groups in total. The van der Waals surface area contributed by atoms with Crippen LogP contribution in [0, 0.1) is 0 Å². The van der Waals surface area contributed by atoms with E-state index in [0.29, 0.717) is 17.1 Å². The summed E-state index contributed by atoms with van der Waals surface area (Å²) < 4.78 is 11.3. The van der Waals surface area contributed by atoms with Crippen LogP contribution in [-0.2, 0) is 0 Å². The average Bonchev–Trinajstić information content (AvgIpc) is 3.01. The van der Waals surface area contributed by atoms with Gasteiger partial charge in [-0.2, -0.15) is 0 Å². The number of ether oxygens (including phenoxy) is 2. The molecule has 146 valence electrons. The first kappa shape index (κ1) is 18.8. The highest BCUT2D eigenvalue weighted by Crippen LogP contribution is 2.46. The van der Waals surface area contributed by atoms with E-state index in [-0.39, 0.29) is 11.7 Å². The number of ketones is 1. The van der Waals surface area contributed by atoms with Gasteiger partial charge in [0.05, 0.1) is 12.7 Å². The Hall–Kier alpha value is -3.53. The van der Waals surface area contributed by atoms with Gasteiger partial charge >= 0.3 is 0 Å². The fourth-order valence-electron chi connectivity index (χ4n) is 3.75. The molecule has 0 amide bonds. The molecule has 3 aromatic rings. The molecular weight excluding hydrogens is 362 g/mol. The molecule has 0 aromatic heterocycles. The Morgan fingerprint density at radius 3 is 2.21 bits per heavy atom. The van der Waals surface area contributed by atoms with Gasteiger partial charge in [-0.15, -0.1) is 0 Å². The summed E-state index contributed by atoms with van der Waals surface area (Å²) in [4.78, 5) is 15.3. The van der Waals surface area contributed by atoms with E-state index in [1.165, 1.54) is 0 Å². The van der Waals surface area contributed by atoms with Crippen LogP contribution in [0.2, 0.25) is 0 Å². The van der Waals surface area contributed by atoms with E-state index in [2.05, 4.69) is 12.1 Å². The molecule has 0 aliphatic heterocycles. The molecule has 0 heterocycles. The molecule has 0 unspecified atom stereocenters. The predicted octanol–water partition coefficient (Wildman–Crippen LogP) is 5.26. The van der Waals surface area contributed by atoms with Crippen LogP contribution >= 0.6 is 0 Å². The van der Waals surface area contributed by atoms with Crippen molar-refractivity contribution >= 4 is 5.78 Å². The average molecular weight is 385 g/mol. The van der Waals surface area contributed by atoms with Gasteiger partial charge in [0.2, 0.25) is 0 Å². The number of methoxy groups -OCH3 is 1. The van der Waals surface area contributed by atoms with E-state index in [9.17, 15) is 4.79 Å². The quantitative estimate of drug-likeness (QED) is 0.562. The molecule has 0 spiro atoms. The number of Topliss-reactive ketones (excluding diaryl/α,β-unsaturated/α-hetero) is 1. The van der Waals surface area contributed by atoms with Gasteiger partial charge in [0.15, 0.2) is 5.78 Å². The number of allylic oxidation sites excluding steroid dienone is 1. The molecule has 0 saturated heterocycles. The smallest absolute Gasteiger partial charge is 0.195 e. The molecule has 4 heteroatoms. The molecular formula is C25H23NO3. The second-order valence-corrected chi connectivity index (χ2v) is 7.22. The standard InChI is InChI=1S/C25H23NO3/c1-26(2)16-21-23(17-8-5-4-6-9-17)20-10-7-11-22(24(20)25(21)27)29-19-14-12-18(28-3)13-15-19/h4-16,23H,1-3H3/t23-/m1/s1. The normalized spacial score (nSPS) is 16.6. The number of fused-ring (bicyclic) bond motifs is 1. The van der Waals surface area contributed by atoms with Crippen LogP contribution in [0.4, 0.5) is 0 Å². The van der Waals surface area contributed by atoms with Crippen molar-refractivity contribution in [1.29, 1.82) is 0 Å². The van der Waals surface area contributed by atoms with Crippen molar-refractivity contribution in [2.24, 2.45) is 0 Å². The second-order valence-electron chi connectivity index (χ2n) is 7.22. The molecule has 0 fully saturated rings. The molecule has 1 aliphatic carbocycles. The fraction of sp³-hybridized carbons (Fsp3) is 0.160. The van der Waals surface area contributed by atoms with Gasteiger partial charge in [0, 0.05) is 31.8 Å². The van der Waals surface area contributed by atoms with Crippen LogP contribution in [0.1, 0.15) is 27.4 Å². The number of hydrogen-bond donors (Lipinski definition) is 0. The first-order valence-electron chi connectivity index (χ1n) is 9.51. The Morgan fingerprint density at radius 1 is 0.862 bits per heavy atom. The van der Waals surface area contributed by atoms with Crippen LogP contribution in [-0.4, -0.2) is 31.9 Å². The Balaban J connectivity index is 1.80. The largest absolute Gasteiger partial charge is 0.497 e. The third-order valence-electron chi connectivity index (χ3n) is 4.99. The molecule has 4 nitrogen and oxygen atoms in total. The first-order valence-corrected chi connectivity index (χ1v) is 9.51. The Morgan fingerprint density at radius 2 is 1.55 bits per heavy atom. The highest BCUT2D eigenvalue weighted by atomic mass is 16.5. The lowest BCUT2D eigenvalue weighted by atomic mass is 9.90. The molecule has 29 heavy (non-hydrogen) atoms. The maximum atomic E-state index is 13.4. The van der Waals surface area contributed by atoms with Gasteiger partial charge < -0.3 is 14.4 Å². The monoisotopic (exact) mass is 385 g/mol. The third kappa shape index (κ3) is 3.61. The van der Waals surface area contributed by atoms with Crippen molar-refractivity contribution in [2.75, 3.05) is 21.2 Å². The Kier molecular flexibility index (Phi) is 5.09. The summed E-state index contributed by atoms with van der Waals surface area (Å²) in [5.41, 5.74) is 3.45. The van der Waals surface area contributed by atoms with Crippen molar-refractivity contribution in [2.45, 2.75) is 5.92 Å². The lowest BCUT2D eigenvalue weighted by Gasteiger charge is -2.16. The van der Waals surface area contributed by atoms with Crippen LogP contribution in [0.25, 0.3) is 0 Å². The zero-order valence-electron chi connectivity index (χ0n) is 16.8. The Bertz CT molecular complexity index is 1050. The van der Waals surface area contributed by atoms with E-state index in [1.54, 1.807) is 7.11 Å². The number of hydrogen-bond acceptors (Lipinski definition) is 4. The van der Waals surface area contributed by atoms with E-state index < -0.39 is 0 Å². The highest BCUT2D eigenvalue weighted by Gasteiger charge is 2.38. The first-order chi connectivity index (χ1) is 14.1. The van der Waals surface area contributed by atoms with Gasteiger partial charge in [0.1, 0.15) is 17.2 Å². The second kappa shape index (κ2) is 7.84. The molecule has 1 aliphatic rings. The minimum Gasteiger partial charge on any atom is -0.497 e. The molecule has 4 rings (SSSR count). The van der Waals surface area contributed by atoms with Crippen LogP contribution in [0.3, 0.4) is 0 Å². The van der Waals surface area contributed by atoms with Crippen molar-refractivity contribution in [1.82, 2.24) is 4.90 Å². The summed E-state index contributed by atoms with van der Waals surface area (Å²) >= 11 is 0. The van der Waals surface area contributed by atoms with Crippen LogP contribution in [0.15, 0.2) is 84.6 Å². The molecule has 0 radical (unpaired) electrons. The van der Waals surface area contributed by atoms with Gasteiger partial charge in [-0.1, -0.05) is 42.5 Å². The van der Waals surface area contributed by atoms with Crippen LogP contribution < -0.4 is 9.47 Å². The minimum atomic E-state index is -0.111. The predicted molar refractivity (Wildman–Crippen MR) is 114 cm³/mol. The number of benzene rings is 3. The molecule has 0 saturated carbocycles. The van der Waals surface area contributed by atoms with Gasteiger partial charge in [-0.3, -0.25) is 4.79 Å². The lowest BCUT2D eigenvalue weighted by molar-refractivity contribution is 0.103. The van der Waals surface area contributed by atoms with Crippen LogP contribution in [0.5, 0.6) is 17.2 Å². The lowest BCUT2D eigenvalue weighted by Crippen LogP contribution is -2.09. The summed E-state index contributed by atoms with van der Waals surface area (Å²) in [6.07, 6.45) is 1.91. The van der Waals surface area contributed by atoms with E-state index in [0.717, 1.165) is 22.4 Å². The summed E-state index contributed by atoms with van der Waals surface area (Å²) in [5, 5.41) is 0. The zero-order valence-corrected chi connectivity index (χ0v) is 16.8. The van der Waals surface area contributed by atoms with Gasteiger partial charge in [-0.25, -0.2) is 0 Å². The summed E-state index contributed by atoms with van der Waals surface area (Å²) in [6, 6.07) is 23.3. The summed E-state index contributed by atoms with van der Waals surface area (Å²) in [5.74, 6) is 1.88. The maximum Gasteiger partial charge on any atom is 0.195 e. The molecule has 0 bridgehead atoms. The van der Waals surface area contributed by atoms with Crippen molar-refractivity contribution in [3.8, 4) is 17.2 Å². The Labute approximate surface area is 171 Å². The fourth-order valence-corrected chi connectivity index (χ4v) is 3.75. The molecule has 3 aromatic carbocycles. The number of carbonyl (C=O) groups is 1. The molecule has 1 atom stereocenters. The zero-order chi connectivity index (χ0) is 20.4. The minimum absolute atomic E-state index is 0.00617. The van der Waals surface area contributed by atoms with E-state index >= 15 is 0 Å². The van der Waals surface area contributed by atoms with Crippen molar-refractivity contribution < 1.29 is 14.3 Å². The van der Waals surface area contributed by atoms with E-state index in [4.69, 9.17) is 9.47 Å². The maximum absolute atomic E-state index is 13.4. The van der Waals surface area contributed by atoms with Gasteiger partial charge in [-0.05, 0) is 41.5 Å². The number of nitrogens with zero attached hydrogens (tertiary/aromatic N) is 1. The van der Waals surface area contributed by atoms with Gasteiger partial charge in [0.25, 0.3) is 0 Å². The SMILES string of the molecule is COc1ccc(Oc2cccc3c2C(=O)C(=CN(C)C)[C@@H]3c2ccccc2)cc1. The summed E-state index contributed by atoms with van der Waals surface area (Å²) in [6.45, 7) is 0. The van der Waals surface area contributed by atoms with E-state index in [1.807, 2.05) is 85.9 Å². The topological polar surface area (TPSA) is 38.8 Å². The van der Waals surface area contributed by atoms with Crippen molar-refractivity contribution in [3.63, 3.8) is 0 Å². The van der Waals surface area contributed by atoms with Crippen molar-refractivity contribution in [3.05, 3.63) is 101 Å². The number of carbonyl (C=O) groups excluding carboxylic acids is 1. The highest BCUT2D eigenvalue weighted by molar-refractivity contribution is 6.16.